The summed E-state index contributed by atoms with van der Waals surface area (Å²) in [5.41, 5.74) is 0.114. The average Bonchev–Trinajstić information content (AvgIpc) is 3.50. The van der Waals surface area contributed by atoms with Gasteiger partial charge >= 0.3 is 0 Å². The first kappa shape index (κ1) is 19.2. The Morgan fingerprint density at radius 2 is 1.70 bits per heavy atom. The van der Waals surface area contributed by atoms with Crippen molar-refractivity contribution in [2.45, 2.75) is 90.3 Å². The molecule has 7 atom stereocenters. The van der Waals surface area contributed by atoms with Gasteiger partial charge in [-0.2, -0.15) is 0 Å². The second-order valence-corrected chi connectivity index (χ2v) is 10.2. The zero-order valence-corrected chi connectivity index (χ0v) is 17.0. The van der Waals surface area contributed by atoms with E-state index < -0.39 is 6.10 Å². The number of amides is 2. The van der Waals surface area contributed by atoms with Crippen LogP contribution in [0.25, 0.3) is 0 Å². The van der Waals surface area contributed by atoms with Crippen molar-refractivity contribution in [1.82, 2.24) is 10.6 Å². The zero-order chi connectivity index (χ0) is 19.3. The Morgan fingerprint density at radius 3 is 2.33 bits per heavy atom. The third-order valence-electron chi connectivity index (χ3n) is 8.14. The van der Waals surface area contributed by atoms with Gasteiger partial charge in [0.25, 0.3) is 0 Å². The lowest BCUT2D eigenvalue weighted by atomic mass is 9.51. The van der Waals surface area contributed by atoms with Crippen molar-refractivity contribution < 1.29 is 14.7 Å². The summed E-state index contributed by atoms with van der Waals surface area (Å²) in [6, 6.07) is 0.516. The van der Waals surface area contributed by atoms with E-state index in [9.17, 15) is 14.7 Å². The molecule has 0 aliphatic heterocycles. The van der Waals surface area contributed by atoms with Gasteiger partial charge in [-0.3, -0.25) is 9.59 Å². The van der Waals surface area contributed by atoms with E-state index in [-0.39, 0.29) is 52.9 Å². The number of rotatable bonds is 5. The molecule has 1 unspecified atom stereocenters. The number of aliphatic hydroxyl groups excluding tert-OH is 1. The fraction of sp³-hybridized carbons (Fsp3) is 0.909. The molecule has 4 fully saturated rings. The molecule has 4 rings (SSSR count). The molecule has 27 heavy (non-hydrogen) atoms. The molecule has 4 saturated carbocycles. The standard InChI is InChI=1S/C22H36N2O3/c1-12(20(26)23-15-6-7-15)16-8-10-22(3)11-9-17(13(2)18(22)19(16)25)24-21(27)14-4-5-14/h12-19,25H,4-11H2,1-3H3,(H,23,26)(H,24,27)/t12?,13-,16+,17+,18-,19+,22+/m1/s1. The molecule has 0 aromatic heterocycles. The molecule has 0 aromatic rings. The summed E-state index contributed by atoms with van der Waals surface area (Å²) in [6.07, 6.45) is 7.77. The molecular weight excluding hydrogens is 340 g/mol. The molecule has 0 aromatic carbocycles. The van der Waals surface area contributed by atoms with Gasteiger partial charge in [-0.1, -0.05) is 20.8 Å². The predicted octanol–water partition coefficient (Wildman–Crippen LogP) is 2.62. The number of aliphatic hydroxyl groups is 1. The molecule has 0 spiro atoms. The van der Waals surface area contributed by atoms with Crippen LogP contribution in [0, 0.1) is 35.0 Å². The number of carbonyl (C=O) groups excluding carboxylic acids is 2. The topological polar surface area (TPSA) is 78.4 Å². The van der Waals surface area contributed by atoms with Crippen LogP contribution >= 0.6 is 0 Å². The smallest absolute Gasteiger partial charge is 0.223 e. The van der Waals surface area contributed by atoms with E-state index in [0.717, 1.165) is 51.4 Å². The highest BCUT2D eigenvalue weighted by atomic mass is 16.3. The van der Waals surface area contributed by atoms with Crippen LogP contribution < -0.4 is 10.6 Å². The molecule has 5 heteroatoms. The molecule has 0 radical (unpaired) electrons. The van der Waals surface area contributed by atoms with Gasteiger partial charge < -0.3 is 15.7 Å². The monoisotopic (exact) mass is 376 g/mol. The quantitative estimate of drug-likeness (QED) is 0.690. The van der Waals surface area contributed by atoms with Crippen LogP contribution in [0.3, 0.4) is 0 Å². The second kappa shape index (κ2) is 7.06. The van der Waals surface area contributed by atoms with Crippen molar-refractivity contribution in [3.8, 4) is 0 Å². The van der Waals surface area contributed by atoms with Gasteiger partial charge in [0, 0.05) is 23.9 Å². The average molecular weight is 377 g/mol. The first-order chi connectivity index (χ1) is 12.8. The Bertz CT molecular complexity index is 600. The van der Waals surface area contributed by atoms with Gasteiger partial charge in [0.2, 0.25) is 11.8 Å². The highest BCUT2D eigenvalue weighted by molar-refractivity contribution is 5.81. The van der Waals surface area contributed by atoms with E-state index in [4.69, 9.17) is 0 Å². The zero-order valence-electron chi connectivity index (χ0n) is 17.0. The van der Waals surface area contributed by atoms with Gasteiger partial charge in [0.1, 0.15) is 0 Å². The van der Waals surface area contributed by atoms with Crippen LogP contribution in [0.5, 0.6) is 0 Å². The molecule has 3 N–H and O–H groups in total. The van der Waals surface area contributed by atoms with Crippen molar-refractivity contribution in [1.29, 1.82) is 0 Å². The maximum Gasteiger partial charge on any atom is 0.223 e. The van der Waals surface area contributed by atoms with Gasteiger partial charge in [-0.05, 0) is 74.5 Å². The van der Waals surface area contributed by atoms with Crippen LogP contribution in [0.1, 0.15) is 72.1 Å². The fourth-order valence-corrected chi connectivity index (χ4v) is 5.90. The number of nitrogens with one attached hydrogen (secondary N) is 2. The minimum absolute atomic E-state index is 0.0159. The van der Waals surface area contributed by atoms with E-state index >= 15 is 0 Å². The van der Waals surface area contributed by atoms with Gasteiger partial charge in [-0.25, -0.2) is 0 Å². The summed E-state index contributed by atoms with van der Waals surface area (Å²) >= 11 is 0. The highest BCUT2D eigenvalue weighted by Gasteiger charge is 2.54. The van der Waals surface area contributed by atoms with Crippen molar-refractivity contribution in [3.63, 3.8) is 0 Å². The summed E-state index contributed by atoms with van der Waals surface area (Å²) in [5, 5.41) is 17.7. The Balaban J connectivity index is 1.45. The third-order valence-corrected chi connectivity index (χ3v) is 8.14. The van der Waals surface area contributed by atoms with E-state index in [1.165, 1.54) is 0 Å². The molecular formula is C22H36N2O3. The van der Waals surface area contributed by atoms with E-state index in [1.54, 1.807) is 0 Å². The number of fused-ring (bicyclic) bond motifs is 1. The molecule has 4 aliphatic rings. The Kier molecular flexibility index (Phi) is 5.02. The Labute approximate surface area is 163 Å². The summed E-state index contributed by atoms with van der Waals surface area (Å²) in [7, 11) is 0. The van der Waals surface area contributed by atoms with Crippen LogP contribution in [0.2, 0.25) is 0 Å². The lowest BCUT2D eigenvalue weighted by Crippen LogP contribution is -2.58. The molecule has 0 bridgehead atoms. The maximum absolute atomic E-state index is 12.6. The summed E-state index contributed by atoms with van der Waals surface area (Å²) in [4.78, 5) is 24.9. The molecule has 4 aliphatic carbocycles. The Hall–Kier alpha value is -1.10. The number of carbonyl (C=O) groups is 2. The second-order valence-electron chi connectivity index (χ2n) is 10.2. The molecule has 0 heterocycles. The minimum Gasteiger partial charge on any atom is -0.392 e. The van der Waals surface area contributed by atoms with Crippen LogP contribution in [-0.4, -0.2) is 35.1 Å². The largest absolute Gasteiger partial charge is 0.392 e. The normalized spacial score (nSPS) is 42.7. The SMILES string of the molecule is CC(C(=O)NC1CC1)[C@@H]1CC[C@@]2(C)CC[C@H](NC(=O)C3CC3)[C@@H](C)[C@@H]2[C@H]1O. The van der Waals surface area contributed by atoms with Crippen LogP contribution in [0.15, 0.2) is 0 Å². The number of hydrogen-bond acceptors (Lipinski definition) is 3. The number of hydrogen-bond donors (Lipinski definition) is 3. The summed E-state index contributed by atoms with van der Waals surface area (Å²) in [5.74, 6) is 0.775. The summed E-state index contributed by atoms with van der Waals surface area (Å²) in [6.45, 7) is 6.48. The Morgan fingerprint density at radius 1 is 1.04 bits per heavy atom. The first-order valence-corrected chi connectivity index (χ1v) is 11.1. The molecule has 152 valence electrons. The van der Waals surface area contributed by atoms with Gasteiger partial charge in [-0.15, -0.1) is 0 Å². The lowest BCUT2D eigenvalue weighted by Gasteiger charge is -2.56. The fourth-order valence-electron chi connectivity index (χ4n) is 5.90. The summed E-state index contributed by atoms with van der Waals surface area (Å²) < 4.78 is 0. The highest BCUT2D eigenvalue weighted by Crippen LogP contribution is 2.55. The van der Waals surface area contributed by atoms with Gasteiger partial charge in [0.05, 0.1) is 6.10 Å². The lowest BCUT2D eigenvalue weighted by molar-refractivity contribution is -0.144. The molecule has 0 saturated heterocycles. The minimum atomic E-state index is -0.473. The van der Waals surface area contributed by atoms with Crippen molar-refractivity contribution in [2.75, 3.05) is 0 Å². The third kappa shape index (κ3) is 3.76. The van der Waals surface area contributed by atoms with Crippen LogP contribution in [-0.2, 0) is 9.59 Å². The van der Waals surface area contributed by atoms with E-state index in [0.29, 0.717) is 6.04 Å². The van der Waals surface area contributed by atoms with Crippen molar-refractivity contribution >= 4 is 11.8 Å². The van der Waals surface area contributed by atoms with Crippen LogP contribution in [0.4, 0.5) is 0 Å². The molecule has 5 nitrogen and oxygen atoms in total. The first-order valence-electron chi connectivity index (χ1n) is 11.1. The van der Waals surface area contributed by atoms with Crippen molar-refractivity contribution in [3.05, 3.63) is 0 Å². The van der Waals surface area contributed by atoms with E-state index in [2.05, 4.69) is 24.5 Å². The predicted molar refractivity (Wildman–Crippen MR) is 104 cm³/mol. The van der Waals surface area contributed by atoms with Gasteiger partial charge in [0.15, 0.2) is 0 Å². The van der Waals surface area contributed by atoms with Crippen molar-refractivity contribution in [2.24, 2.45) is 35.0 Å². The molecule has 2 amide bonds. The maximum atomic E-state index is 12.6. The van der Waals surface area contributed by atoms with E-state index in [1.807, 2.05) is 6.92 Å².